The highest BCUT2D eigenvalue weighted by atomic mass is 32.2. The third-order valence-corrected chi connectivity index (χ3v) is 6.58. The molecule has 0 saturated carbocycles. The summed E-state index contributed by atoms with van der Waals surface area (Å²) in [5.41, 5.74) is 1.50. The van der Waals surface area contributed by atoms with E-state index in [9.17, 15) is 18.0 Å². The second-order valence-electron chi connectivity index (χ2n) is 6.54. The van der Waals surface area contributed by atoms with Crippen molar-refractivity contribution in [2.75, 3.05) is 33.4 Å². The van der Waals surface area contributed by atoms with E-state index in [1.165, 1.54) is 48.7 Å². The molecule has 1 aliphatic rings. The van der Waals surface area contributed by atoms with E-state index in [2.05, 4.69) is 11.8 Å². The Labute approximate surface area is 175 Å². The molecular weight excluding hydrogens is 414 g/mol. The minimum atomic E-state index is -4.07. The highest BCUT2D eigenvalue weighted by molar-refractivity contribution is 7.89. The molecule has 0 aliphatic carbocycles. The largest absolute Gasteiger partial charge is 0.481 e. The zero-order valence-electron chi connectivity index (χ0n) is 17.0. The lowest BCUT2D eigenvalue weighted by Gasteiger charge is -2.43. The average molecular weight is 439 g/mol. The van der Waals surface area contributed by atoms with E-state index in [1.807, 2.05) is 0 Å². The Morgan fingerprint density at radius 1 is 1.20 bits per heavy atom. The van der Waals surface area contributed by atoms with E-state index in [1.54, 1.807) is 6.92 Å². The van der Waals surface area contributed by atoms with Gasteiger partial charge in [-0.15, -0.1) is 0 Å². The van der Waals surface area contributed by atoms with E-state index in [0.717, 1.165) is 4.31 Å². The predicted molar refractivity (Wildman–Crippen MR) is 106 cm³/mol. The van der Waals surface area contributed by atoms with Crippen molar-refractivity contribution in [2.24, 2.45) is 0 Å². The van der Waals surface area contributed by atoms with Gasteiger partial charge in [0, 0.05) is 27.1 Å². The van der Waals surface area contributed by atoms with Gasteiger partial charge in [0.15, 0.2) is 0 Å². The zero-order chi connectivity index (χ0) is 22.3. The Kier molecular flexibility index (Phi) is 8.19. The number of methoxy groups -OCH3 is 1. The van der Waals surface area contributed by atoms with Crippen LogP contribution in [0.4, 0.5) is 0 Å². The first-order chi connectivity index (χ1) is 14.2. The molecule has 0 radical (unpaired) electrons. The van der Waals surface area contributed by atoms with Gasteiger partial charge in [0.25, 0.3) is 5.91 Å². The van der Waals surface area contributed by atoms with Crippen molar-refractivity contribution < 1.29 is 32.7 Å². The van der Waals surface area contributed by atoms with Gasteiger partial charge in [-0.3, -0.25) is 14.8 Å². The molecular formula is C19H25N3O7S. The molecule has 1 saturated heterocycles. The number of amides is 2. The molecule has 1 aromatic carbocycles. The second-order valence-corrected chi connectivity index (χ2v) is 8.43. The van der Waals surface area contributed by atoms with Crippen LogP contribution < -0.4 is 10.2 Å². The molecule has 11 heteroatoms. The van der Waals surface area contributed by atoms with Crippen LogP contribution in [0.5, 0.6) is 5.75 Å². The van der Waals surface area contributed by atoms with Gasteiger partial charge in [-0.05, 0) is 31.2 Å². The quantitative estimate of drug-likeness (QED) is 0.358. The SMILES string of the molecule is COCC#CCOc1ccc(S(=O)(=O)N2CCN(C(C)=O)C(C)C2C(=O)NO)cc1. The summed E-state index contributed by atoms with van der Waals surface area (Å²) in [5.74, 6) is 4.72. The monoisotopic (exact) mass is 439 g/mol. The molecule has 2 unspecified atom stereocenters. The molecule has 164 valence electrons. The van der Waals surface area contributed by atoms with E-state index < -0.39 is 28.0 Å². The molecule has 2 amide bonds. The van der Waals surface area contributed by atoms with E-state index >= 15 is 0 Å². The average Bonchev–Trinajstić information content (AvgIpc) is 2.72. The zero-order valence-corrected chi connectivity index (χ0v) is 17.8. The maximum absolute atomic E-state index is 13.2. The van der Waals surface area contributed by atoms with Crippen LogP contribution >= 0.6 is 0 Å². The number of carbonyl (C=O) groups is 2. The molecule has 30 heavy (non-hydrogen) atoms. The summed E-state index contributed by atoms with van der Waals surface area (Å²) in [6.45, 7) is 3.36. The van der Waals surface area contributed by atoms with Crippen molar-refractivity contribution in [3.63, 3.8) is 0 Å². The van der Waals surface area contributed by atoms with Crippen molar-refractivity contribution >= 4 is 21.8 Å². The number of benzene rings is 1. The smallest absolute Gasteiger partial charge is 0.263 e. The number of piperazine rings is 1. The number of ether oxygens (including phenoxy) is 2. The second kappa shape index (κ2) is 10.4. The number of rotatable bonds is 6. The standard InChI is InChI=1S/C19H25N3O7S/c1-14-18(19(24)20-25)22(11-10-21(14)15(2)23)30(26,27)17-8-6-16(7-9-17)29-13-5-4-12-28-3/h6-9,14,18,25H,10-13H2,1-3H3,(H,20,24). The minimum absolute atomic E-state index is 0.0421. The lowest BCUT2D eigenvalue weighted by Crippen LogP contribution is -2.65. The van der Waals surface area contributed by atoms with Crippen LogP contribution in [0, 0.1) is 11.8 Å². The number of hydrogen-bond donors (Lipinski definition) is 2. The van der Waals surface area contributed by atoms with E-state index in [-0.39, 0.29) is 30.5 Å². The summed E-state index contributed by atoms with van der Waals surface area (Å²) in [4.78, 5) is 25.4. The van der Waals surface area contributed by atoms with Gasteiger partial charge >= 0.3 is 0 Å². The van der Waals surface area contributed by atoms with Gasteiger partial charge in [0.05, 0.1) is 10.9 Å². The summed E-state index contributed by atoms with van der Waals surface area (Å²) in [7, 11) is -2.54. The van der Waals surface area contributed by atoms with Crippen molar-refractivity contribution in [2.45, 2.75) is 30.8 Å². The Balaban J connectivity index is 2.23. The summed E-state index contributed by atoms with van der Waals surface area (Å²) < 4.78 is 37.6. The van der Waals surface area contributed by atoms with Crippen LogP contribution in [0.1, 0.15) is 13.8 Å². The third kappa shape index (κ3) is 5.28. The summed E-state index contributed by atoms with van der Waals surface area (Å²) >= 11 is 0. The van der Waals surface area contributed by atoms with Gasteiger partial charge in [0.2, 0.25) is 15.9 Å². The molecule has 1 aromatic rings. The first-order valence-corrected chi connectivity index (χ1v) is 10.6. The Morgan fingerprint density at radius 3 is 2.40 bits per heavy atom. The fourth-order valence-electron chi connectivity index (χ4n) is 3.23. The molecule has 2 N–H and O–H groups in total. The predicted octanol–water partition coefficient (Wildman–Crippen LogP) is -0.169. The number of hydrogen-bond acceptors (Lipinski definition) is 7. The molecule has 1 aliphatic heterocycles. The molecule has 0 spiro atoms. The Hall–Kier alpha value is -2.65. The van der Waals surface area contributed by atoms with Gasteiger partial charge in [0.1, 0.15) is 25.0 Å². The lowest BCUT2D eigenvalue weighted by molar-refractivity contribution is -0.142. The maximum atomic E-state index is 13.2. The number of nitrogens with zero attached hydrogens (tertiary/aromatic N) is 2. The van der Waals surface area contributed by atoms with Gasteiger partial charge < -0.3 is 14.4 Å². The molecule has 0 bridgehead atoms. The first-order valence-electron chi connectivity index (χ1n) is 9.14. The van der Waals surface area contributed by atoms with Crippen LogP contribution in [0.3, 0.4) is 0 Å². The molecule has 2 rings (SSSR count). The highest BCUT2D eigenvalue weighted by Crippen LogP contribution is 2.26. The van der Waals surface area contributed by atoms with E-state index in [0.29, 0.717) is 12.4 Å². The Morgan fingerprint density at radius 2 is 1.83 bits per heavy atom. The molecule has 1 fully saturated rings. The molecule has 2 atom stereocenters. The number of hydroxylamine groups is 1. The van der Waals surface area contributed by atoms with Crippen LogP contribution in [-0.4, -0.2) is 80.1 Å². The molecule has 0 aromatic heterocycles. The normalized spacial score (nSPS) is 19.5. The number of sulfonamides is 1. The lowest BCUT2D eigenvalue weighted by atomic mass is 10.0. The fraction of sp³-hybridized carbons (Fsp3) is 0.474. The highest BCUT2D eigenvalue weighted by Gasteiger charge is 2.45. The summed E-state index contributed by atoms with van der Waals surface area (Å²) in [5, 5.41) is 9.10. The van der Waals surface area contributed by atoms with Crippen molar-refractivity contribution in [3.8, 4) is 17.6 Å². The van der Waals surface area contributed by atoms with Crippen molar-refractivity contribution in [1.82, 2.24) is 14.7 Å². The third-order valence-electron chi connectivity index (χ3n) is 4.69. The van der Waals surface area contributed by atoms with Crippen LogP contribution in [0.25, 0.3) is 0 Å². The van der Waals surface area contributed by atoms with Crippen LogP contribution in [0.2, 0.25) is 0 Å². The van der Waals surface area contributed by atoms with Crippen LogP contribution in [0.15, 0.2) is 29.2 Å². The fourth-order valence-corrected chi connectivity index (χ4v) is 4.87. The number of carbonyl (C=O) groups excluding carboxylic acids is 2. The van der Waals surface area contributed by atoms with Gasteiger partial charge in [-0.25, -0.2) is 13.9 Å². The Bertz CT molecular complexity index is 922. The maximum Gasteiger partial charge on any atom is 0.263 e. The van der Waals surface area contributed by atoms with Gasteiger partial charge in [-0.1, -0.05) is 11.8 Å². The van der Waals surface area contributed by atoms with Crippen LogP contribution in [-0.2, 0) is 24.3 Å². The topological polar surface area (TPSA) is 125 Å². The van der Waals surface area contributed by atoms with Crippen molar-refractivity contribution in [3.05, 3.63) is 24.3 Å². The molecule has 1 heterocycles. The summed E-state index contributed by atoms with van der Waals surface area (Å²) in [6, 6.07) is 3.67. The summed E-state index contributed by atoms with van der Waals surface area (Å²) in [6.07, 6.45) is 0. The molecule has 10 nitrogen and oxygen atoms in total. The number of nitrogens with one attached hydrogen (secondary N) is 1. The minimum Gasteiger partial charge on any atom is -0.481 e. The first kappa shape index (κ1) is 23.6. The van der Waals surface area contributed by atoms with E-state index in [4.69, 9.17) is 14.7 Å². The van der Waals surface area contributed by atoms with Crippen molar-refractivity contribution in [1.29, 1.82) is 0 Å². The van der Waals surface area contributed by atoms with Gasteiger partial charge in [-0.2, -0.15) is 4.31 Å².